The van der Waals surface area contributed by atoms with Crippen molar-refractivity contribution in [1.82, 2.24) is 19.5 Å². The molecular formula is C21H26N5O6P. The molecule has 1 fully saturated rings. The zero-order valence-electron chi connectivity index (χ0n) is 18.2. The molecule has 4 rings (SSSR count). The zero-order valence-corrected chi connectivity index (χ0v) is 19.1. The molecule has 1 unspecified atom stereocenters. The Balaban J connectivity index is 1.35. The fourth-order valence-corrected chi connectivity index (χ4v) is 4.37. The van der Waals surface area contributed by atoms with Crippen molar-refractivity contribution in [1.29, 1.82) is 0 Å². The van der Waals surface area contributed by atoms with Crippen LogP contribution in [0.4, 0.5) is 5.95 Å². The molecule has 11 nitrogen and oxygen atoms in total. The van der Waals surface area contributed by atoms with Gasteiger partial charge in [0.2, 0.25) is 5.95 Å². The average molecular weight is 475 g/mol. The van der Waals surface area contributed by atoms with Crippen LogP contribution in [0, 0.1) is 12.8 Å². The lowest BCUT2D eigenvalue weighted by molar-refractivity contribution is -0.122. The Labute approximate surface area is 189 Å². The van der Waals surface area contributed by atoms with Gasteiger partial charge in [0.1, 0.15) is 13.0 Å². The number of H-pyrrole nitrogens is 1. The number of benzene rings is 1. The minimum absolute atomic E-state index is 0.00549. The SMILES string of the molecule is Cc1ccc(COP(=O)(COCCn2cnc3c(=O)[nH]c(N)nc32)OCC(=O)C2CC2)cc1. The first-order valence-electron chi connectivity index (χ1n) is 10.6. The van der Waals surface area contributed by atoms with E-state index in [1.54, 1.807) is 4.57 Å². The molecule has 0 bridgehead atoms. The van der Waals surface area contributed by atoms with Crippen molar-refractivity contribution in [2.45, 2.75) is 32.9 Å². The van der Waals surface area contributed by atoms with E-state index in [4.69, 9.17) is 19.5 Å². The summed E-state index contributed by atoms with van der Waals surface area (Å²) in [6.07, 6.45) is 2.81. The number of ketones is 1. The topological polar surface area (TPSA) is 151 Å². The second-order valence-corrected chi connectivity index (χ2v) is 9.98. The van der Waals surface area contributed by atoms with Gasteiger partial charge in [0.05, 0.1) is 19.5 Å². The maximum absolute atomic E-state index is 13.2. The van der Waals surface area contributed by atoms with Gasteiger partial charge < -0.3 is 19.6 Å². The van der Waals surface area contributed by atoms with Crippen LogP contribution >= 0.6 is 7.60 Å². The number of rotatable bonds is 12. The van der Waals surface area contributed by atoms with Gasteiger partial charge in [0.25, 0.3) is 5.56 Å². The molecule has 3 aromatic rings. The van der Waals surface area contributed by atoms with Crippen LogP contribution in [0.1, 0.15) is 24.0 Å². The number of aromatic amines is 1. The summed E-state index contributed by atoms with van der Waals surface area (Å²) in [6.45, 7) is 2.18. The van der Waals surface area contributed by atoms with Gasteiger partial charge in [0, 0.05) is 12.5 Å². The molecule has 2 heterocycles. The number of ether oxygens (including phenoxy) is 1. The van der Waals surface area contributed by atoms with Gasteiger partial charge in [-0.3, -0.25) is 23.7 Å². The second kappa shape index (κ2) is 9.96. The maximum atomic E-state index is 13.2. The first-order valence-corrected chi connectivity index (χ1v) is 12.3. The van der Waals surface area contributed by atoms with Crippen LogP contribution in [0.3, 0.4) is 0 Å². The summed E-state index contributed by atoms with van der Waals surface area (Å²) >= 11 is 0. The highest BCUT2D eigenvalue weighted by molar-refractivity contribution is 7.53. The number of nitrogens with two attached hydrogens (primary N) is 1. The molecule has 33 heavy (non-hydrogen) atoms. The number of hydrogen-bond acceptors (Lipinski definition) is 9. The van der Waals surface area contributed by atoms with Crippen LogP contribution < -0.4 is 11.3 Å². The second-order valence-electron chi connectivity index (χ2n) is 7.98. The van der Waals surface area contributed by atoms with Crippen molar-refractivity contribution in [3.8, 4) is 0 Å². The number of aromatic nitrogens is 4. The minimum Gasteiger partial charge on any atom is -0.369 e. The molecule has 0 aliphatic heterocycles. The number of anilines is 1. The molecule has 3 N–H and O–H groups in total. The molecule has 0 radical (unpaired) electrons. The van der Waals surface area contributed by atoms with Gasteiger partial charge in [-0.05, 0) is 25.3 Å². The number of fused-ring (bicyclic) bond motifs is 1. The number of nitrogens with one attached hydrogen (secondary N) is 1. The van der Waals surface area contributed by atoms with E-state index in [-0.39, 0.29) is 55.9 Å². The van der Waals surface area contributed by atoms with Gasteiger partial charge in [-0.2, -0.15) is 4.98 Å². The third-order valence-corrected chi connectivity index (χ3v) is 6.75. The molecular weight excluding hydrogens is 449 g/mol. The van der Waals surface area contributed by atoms with Gasteiger partial charge in [-0.1, -0.05) is 29.8 Å². The van der Waals surface area contributed by atoms with Crippen LogP contribution in [0.15, 0.2) is 35.4 Å². The van der Waals surface area contributed by atoms with E-state index < -0.39 is 13.2 Å². The lowest BCUT2D eigenvalue weighted by Gasteiger charge is -2.18. The van der Waals surface area contributed by atoms with Gasteiger partial charge in [-0.25, -0.2) is 4.98 Å². The van der Waals surface area contributed by atoms with E-state index in [9.17, 15) is 14.2 Å². The summed E-state index contributed by atoms with van der Waals surface area (Å²) in [5, 5.41) is 0. The number of carbonyl (C=O) groups is 1. The van der Waals surface area contributed by atoms with Crippen molar-refractivity contribution in [2.24, 2.45) is 5.92 Å². The molecule has 12 heteroatoms. The van der Waals surface area contributed by atoms with Gasteiger partial charge in [0.15, 0.2) is 16.9 Å². The highest BCUT2D eigenvalue weighted by atomic mass is 31.2. The Morgan fingerprint density at radius 1 is 1.27 bits per heavy atom. The summed E-state index contributed by atoms with van der Waals surface area (Å²) < 4.78 is 31.5. The van der Waals surface area contributed by atoms with Gasteiger partial charge in [-0.15, -0.1) is 0 Å². The lowest BCUT2D eigenvalue weighted by Crippen LogP contribution is -2.14. The summed E-state index contributed by atoms with van der Waals surface area (Å²) in [4.78, 5) is 34.4. The van der Waals surface area contributed by atoms with E-state index in [1.165, 1.54) is 6.33 Å². The lowest BCUT2D eigenvalue weighted by atomic mass is 10.2. The summed E-state index contributed by atoms with van der Waals surface area (Å²) in [7, 11) is -3.69. The van der Waals surface area contributed by atoms with E-state index in [0.29, 0.717) is 5.65 Å². The van der Waals surface area contributed by atoms with Gasteiger partial charge >= 0.3 is 7.60 Å². The monoisotopic (exact) mass is 475 g/mol. The van der Waals surface area contributed by atoms with Crippen molar-refractivity contribution in [3.63, 3.8) is 0 Å². The number of Topliss-reactive ketones (excluding diaryl/α,β-unsaturated/α-hetero) is 1. The smallest absolute Gasteiger partial charge is 0.356 e. The molecule has 2 aromatic heterocycles. The third kappa shape index (κ3) is 6.14. The van der Waals surface area contributed by atoms with Crippen LogP contribution in [0.25, 0.3) is 11.2 Å². The number of nitrogen functional groups attached to an aromatic ring is 1. The van der Waals surface area contributed by atoms with Crippen molar-refractivity contribution < 1.29 is 23.1 Å². The highest BCUT2D eigenvalue weighted by Crippen LogP contribution is 2.49. The summed E-state index contributed by atoms with van der Waals surface area (Å²) in [5.41, 5.74) is 7.59. The van der Waals surface area contributed by atoms with Crippen molar-refractivity contribution >= 4 is 30.5 Å². The number of nitrogens with zero attached hydrogens (tertiary/aromatic N) is 3. The molecule has 0 saturated heterocycles. The predicted octanol–water partition coefficient (Wildman–Crippen LogP) is 2.39. The van der Waals surface area contributed by atoms with Crippen LogP contribution in [-0.4, -0.2) is 44.9 Å². The molecule has 1 atom stereocenters. The quantitative estimate of drug-likeness (QED) is 0.297. The highest BCUT2D eigenvalue weighted by Gasteiger charge is 2.33. The Morgan fingerprint density at radius 2 is 2.03 bits per heavy atom. The molecule has 1 aromatic carbocycles. The zero-order chi connectivity index (χ0) is 23.4. The number of imidazole rings is 1. The molecule has 1 saturated carbocycles. The van der Waals surface area contributed by atoms with E-state index in [2.05, 4.69) is 15.0 Å². The Morgan fingerprint density at radius 3 is 2.76 bits per heavy atom. The van der Waals surface area contributed by atoms with Crippen LogP contribution in [0.2, 0.25) is 0 Å². The molecule has 176 valence electrons. The maximum Gasteiger partial charge on any atom is 0.356 e. The minimum atomic E-state index is -3.69. The van der Waals surface area contributed by atoms with E-state index in [1.807, 2.05) is 31.2 Å². The predicted molar refractivity (Wildman–Crippen MR) is 121 cm³/mol. The van der Waals surface area contributed by atoms with E-state index >= 15 is 0 Å². The Hall–Kier alpha value is -2.85. The Kier molecular flexibility index (Phi) is 7.04. The van der Waals surface area contributed by atoms with Crippen LogP contribution in [0.5, 0.6) is 0 Å². The average Bonchev–Trinajstić information content (AvgIpc) is 3.56. The Bertz CT molecular complexity index is 1230. The normalized spacial score (nSPS) is 15.5. The number of aryl methyl sites for hydroxylation is 1. The molecule has 0 amide bonds. The first kappa shape index (κ1) is 23.3. The largest absolute Gasteiger partial charge is 0.369 e. The number of hydrogen-bond donors (Lipinski definition) is 2. The van der Waals surface area contributed by atoms with Crippen molar-refractivity contribution in [3.05, 3.63) is 52.1 Å². The molecule has 0 spiro atoms. The molecule has 1 aliphatic rings. The van der Waals surface area contributed by atoms with Crippen molar-refractivity contribution in [2.75, 3.05) is 25.3 Å². The number of carbonyl (C=O) groups excluding carboxylic acids is 1. The first-order chi connectivity index (χ1) is 15.8. The summed E-state index contributed by atoms with van der Waals surface area (Å²) in [6, 6.07) is 7.61. The fourth-order valence-electron chi connectivity index (χ4n) is 3.13. The van der Waals surface area contributed by atoms with E-state index in [0.717, 1.165) is 24.0 Å². The van der Waals surface area contributed by atoms with Crippen LogP contribution in [-0.2, 0) is 36.3 Å². The standard InChI is InChI=1S/C21H26N5O6P/c1-14-2-4-15(5-3-14)10-31-33(29,32-11-17(27)16-6-7-16)13-30-9-8-26-12-23-18-19(26)24-21(22)25-20(18)28/h2-5,12,16H,6-11,13H2,1H3,(H3,22,24,25,28). The third-order valence-electron chi connectivity index (χ3n) is 5.20. The molecule has 1 aliphatic carbocycles. The fraction of sp³-hybridized carbons (Fsp3) is 0.429. The summed E-state index contributed by atoms with van der Waals surface area (Å²) in [5.74, 6) is -0.0973.